The van der Waals surface area contributed by atoms with E-state index in [1.54, 1.807) is 0 Å². The first-order valence-corrected chi connectivity index (χ1v) is 9.44. The zero-order chi connectivity index (χ0) is 24.4. The Morgan fingerprint density at radius 2 is 1.38 bits per heavy atom. The van der Waals surface area contributed by atoms with Crippen molar-refractivity contribution in [3.63, 3.8) is 0 Å². The van der Waals surface area contributed by atoms with Crippen molar-refractivity contribution in [2.45, 2.75) is 43.9 Å². The molecule has 0 aliphatic heterocycles. The number of carbonyl (C=O) groups is 5. The number of phenols is 1. The van der Waals surface area contributed by atoms with Crippen LogP contribution in [0.5, 0.6) is 5.75 Å². The maximum atomic E-state index is 12.4. The van der Waals surface area contributed by atoms with Gasteiger partial charge in [-0.15, -0.1) is 0 Å². The highest BCUT2D eigenvalue weighted by molar-refractivity contribution is 5.95. The number of aliphatic hydroxyl groups is 1. The lowest BCUT2D eigenvalue weighted by atomic mass is 10.1. The fraction of sp³-hybridized carbons (Fsp3) is 0.421. The van der Waals surface area contributed by atoms with Crippen LogP contribution in [0.4, 0.5) is 0 Å². The summed E-state index contributed by atoms with van der Waals surface area (Å²) in [6.07, 6.45) is -0.970. The lowest BCUT2D eigenvalue weighted by molar-refractivity contribution is -0.143. The molecule has 1 rings (SSSR count). The Bertz CT molecular complexity index is 842. The number of carboxylic acid groups (broad SMARTS) is 2. The van der Waals surface area contributed by atoms with Crippen molar-refractivity contribution in [3.8, 4) is 5.75 Å². The Morgan fingerprint density at radius 3 is 1.84 bits per heavy atom. The Kier molecular flexibility index (Phi) is 10.1. The summed E-state index contributed by atoms with van der Waals surface area (Å²) in [7, 11) is 0. The van der Waals surface area contributed by atoms with Crippen LogP contribution in [0.1, 0.15) is 18.9 Å². The number of amides is 3. The quantitative estimate of drug-likeness (QED) is 0.163. The molecule has 0 bridgehead atoms. The van der Waals surface area contributed by atoms with Gasteiger partial charge in [-0.3, -0.25) is 19.2 Å². The Morgan fingerprint density at radius 1 is 0.875 bits per heavy atom. The molecular weight excluding hydrogens is 428 g/mol. The first kappa shape index (κ1) is 26.3. The van der Waals surface area contributed by atoms with Crippen LogP contribution in [0.2, 0.25) is 0 Å². The summed E-state index contributed by atoms with van der Waals surface area (Å²) in [5, 5.41) is 43.5. The molecule has 3 amide bonds. The minimum atomic E-state index is -1.62. The van der Waals surface area contributed by atoms with E-state index in [0.29, 0.717) is 5.56 Å². The van der Waals surface area contributed by atoms with Crippen molar-refractivity contribution in [1.82, 2.24) is 16.0 Å². The molecule has 0 aliphatic carbocycles. The van der Waals surface area contributed by atoms with Gasteiger partial charge in [0.05, 0.1) is 19.1 Å². The van der Waals surface area contributed by atoms with Crippen molar-refractivity contribution in [3.05, 3.63) is 29.8 Å². The van der Waals surface area contributed by atoms with Crippen LogP contribution >= 0.6 is 0 Å². The molecule has 1 aromatic carbocycles. The van der Waals surface area contributed by atoms with E-state index in [-0.39, 0.29) is 12.2 Å². The van der Waals surface area contributed by atoms with Gasteiger partial charge in [0.25, 0.3) is 0 Å². The molecule has 4 atom stereocenters. The van der Waals surface area contributed by atoms with E-state index in [2.05, 4.69) is 16.0 Å². The van der Waals surface area contributed by atoms with Crippen LogP contribution in [0.15, 0.2) is 24.3 Å². The van der Waals surface area contributed by atoms with E-state index in [0.717, 1.165) is 0 Å². The highest BCUT2D eigenvalue weighted by atomic mass is 16.4. The van der Waals surface area contributed by atoms with Gasteiger partial charge >= 0.3 is 11.9 Å². The summed E-state index contributed by atoms with van der Waals surface area (Å²) in [4.78, 5) is 59.1. The van der Waals surface area contributed by atoms with Crippen molar-refractivity contribution in [1.29, 1.82) is 0 Å². The van der Waals surface area contributed by atoms with Crippen LogP contribution in [-0.4, -0.2) is 80.9 Å². The number of benzene rings is 1. The number of rotatable bonds is 12. The minimum Gasteiger partial charge on any atom is -0.508 e. The third-order valence-corrected chi connectivity index (χ3v) is 4.23. The second-order valence-corrected chi connectivity index (χ2v) is 6.96. The fourth-order valence-electron chi connectivity index (χ4n) is 2.49. The number of hydrogen-bond acceptors (Lipinski definition) is 8. The summed E-state index contributed by atoms with van der Waals surface area (Å²) in [6.45, 7) is 0.388. The van der Waals surface area contributed by atoms with Crippen LogP contribution in [0.25, 0.3) is 0 Å². The van der Waals surface area contributed by atoms with Crippen LogP contribution in [-0.2, 0) is 30.4 Å². The van der Waals surface area contributed by atoms with Crippen molar-refractivity contribution in [2.75, 3.05) is 6.61 Å². The van der Waals surface area contributed by atoms with Gasteiger partial charge < -0.3 is 42.1 Å². The molecular formula is C19H26N4O9. The molecule has 0 radical (unpaired) electrons. The van der Waals surface area contributed by atoms with Gasteiger partial charge in [-0.25, -0.2) is 4.79 Å². The Balaban J connectivity index is 2.87. The molecule has 176 valence electrons. The van der Waals surface area contributed by atoms with E-state index < -0.39 is 66.9 Å². The zero-order valence-electron chi connectivity index (χ0n) is 17.1. The third-order valence-electron chi connectivity index (χ3n) is 4.23. The smallest absolute Gasteiger partial charge is 0.326 e. The maximum Gasteiger partial charge on any atom is 0.326 e. The lowest BCUT2D eigenvalue weighted by Crippen LogP contribution is -2.58. The molecule has 9 N–H and O–H groups in total. The monoisotopic (exact) mass is 454 g/mol. The third kappa shape index (κ3) is 8.57. The number of aliphatic carboxylic acids is 2. The molecule has 1 aromatic rings. The number of aliphatic hydroxyl groups excluding tert-OH is 1. The van der Waals surface area contributed by atoms with Gasteiger partial charge in [-0.2, -0.15) is 0 Å². The zero-order valence-corrected chi connectivity index (χ0v) is 17.1. The van der Waals surface area contributed by atoms with E-state index >= 15 is 0 Å². The largest absolute Gasteiger partial charge is 0.508 e. The summed E-state index contributed by atoms with van der Waals surface area (Å²) >= 11 is 0. The van der Waals surface area contributed by atoms with Crippen LogP contribution in [0.3, 0.4) is 0 Å². The standard InChI is InChI=1S/C19H26N4O9/c1-9(20)16(28)21-12(7-15(26)27)17(29)23-14(8-24)18(30)22-13(19(31)32)6-10-2-4-11(25)5-3-10/h2-5,9,12-14,24-25H,6-8,20H2,1H3,(H,21,28)(H,22,30)(H,23,29)(H,26,27)(H,31,32). The molecule has 0 fully saturated rings. The highest BCUT2D eigenvalue weighted by Crippen LogP contribution is 2.11. The number of nitrogens with two attached hydrogens (primary N) is 1. The SMILES string of the molecule is CC(N)C(=O)NC(CC(=O)O)C(=O)NC(CO)C(=O)NC(Cc1ccc(O)cc1)C(=O)O. The minimum absolute atomic E-state index is 0.0280. The molecule has 0 saturated heterocycles. The van der Waals surface area contributed by atoms with Gasteiger partial charge in [0.15, 0.2) is 0 Å². The van der Waals surface area contributed by atoms with Crippen LogP contribution < -0.4 is 21.7 Å². The van der Waals surface area contributed by atoms with E-state index in [1.807, 2.05) is 0 Å². The second-order valence-electron chi connectivity index (χ2n) is 6.96. The Hall–Kier alpha value is -3.71. The van der Waals surface area contributed by atoms with E-state index in [4.69, 9.17) is 10.8 Å². The van der Waals surface area contributed by atoms with E-state index in [1.165, 1.54) is 31.2 Å². The normalized spacial score (nSPS) is 14.3. The summed E-state index contributed by atoms with van der Waals surface area (Å²) in [5.74, 6) is -5.76. The highest BCUT2D eigenvalue weighted by Gasteiger charge is 2.30. The predicted molar refractivity (Wildman–Crippen MR) is 108 cm³/mol. The van der Waals surface area contributed by atoms with Crippen molar-refractivity contribution < 1.29 is 44.4 Å². The molecule has 4 unspecified atom stereocenters. The number of carboxylic acids is 2. The second kappa shape index (κ2) is 12.2. The molecule has 0 heterocycles. The van der Waals surface area contributed by atoms with Gasteiger partial charge in [0, 0.05) is 6.42 Å². The van der Waals surface area contributed by atoms with Gasteiger partial charge in [-0.05, 0) is 24.6 Å². The molecule has 13 nitrogen and oxygen atoms in total. The summed E-state index contributed by atoms with van der Waals surface area (Å²) < 4.78 is 0. The topological polar surface area (TPSA) is 228 Å². The summed E-state index contributed by atoms with van der Waals surface area (Å²) in [5.41, 5.74) is 5.87. The van der Waals surface area contributed by atoms with Crippen molar-refractivity contribution in [2.24, 2.45) is 5.73 Å². The Labute approximate surface area is 182 Å². The molecule has 0 aliphatic rings. The lowest BCUT2D eigenvalue weighted by Gasteiger charge is -2.23. The average Bonchev–Trinajstić information content (AvgIpc) is 2.71. The van der Waals surface area contributed by atoms with Gasteiger partial charge in [-0.1, -0.05) is 12.1 Å². The van der Waals surface area contributed by atoms with Crippen molar-refractivity contribution >= 4 is 29.7 Å². The van der Waals surface area contributed by atoms with E-state index in [9.17, 15) is 39.3 Å². The first-order chi connectivity index (χ1) is 14.9. The van der Waals surface area contributed by atoms with Crippen LogP contribution in [0, 0.1) is 0 Å². The number of phenolic OH excluding ortho intramolecular Hbond substituents is 1. The number of hydrogen-bond donors (Lipinski definition) is 8. The predicted octanol–water partition coefficient (Wildman–Crippen LogP) is -2.71. The van der Waals surface area contributed by atoms with Gasteiger partial charge in [0.2, 0.25) is 17.7 Å². The molecule has 0 aromatic heterocycles. The first-order valence-electron chi connectivity index (χ1n) is 9.44. The number of nitrogens with one attached hydrogen (secondary N) is 3. The molecule has 13 heteroatoms. The number of carbonyl (C=O) groups excluding carboxylic acids is 3. The molecule has 0 saturated carbocycles. The number of aromatic hydroxyl groups is 1. The maximum absolute atomic E-state index is 12.4. The summed E-state index contributed by atoms with van der Waals surface area (Å²) in [6, 6.07) is -0.0657. The fourth-order valence-corrected chi connectivity index (χ4v) is 2.49. The average molecular weight is 454 g/mol. The molecule has 32 heavy (non-hydrogen) atoms. The molecule has 0 spiro atoms. The van der Waals surface area contributed by atoms with Gasteiger partial charge in [0.1, 0.15) is 23.9 Å².